The van der Waals surface area contributed by atoms with Crippen molar-refractivity contribution in [2.45, 2.75) is 39.5 Å². The average Bonchev–Trinajstić information content (AvgIpc) is 2.43. The Morgan fingerprint density at radius 2 is 2.00 bits per heavy atom. The lowest BCUT2D eigenvalue weighted by molar-refractivity contribution is -0.123. The molecular weight excluding hydrogens is 302 g/mol. The maximum absolute atomic E-state index is 12.2. The number of amides is 1. The SMILES string of the molecule is CCC(C)C(N)C(=O)NCc1ccccc1OC(F)F.Cl. The fourth-order valence-electron chi connectivity index (χ4n) is 1.67. The lowest BCUT2D eigenvalue weighted by atomic mass is 9.99. The first kappa shape index (κ1) is 19.6. The van der Waals surface area contributed by atoms with Crippen LogP contribution in [-0.4, -0.2) is 18.6 Å². The van der Waals surface area contributed by atoms with Gasteiger partial charge in [-0.25, -0.2) is 0 Å². The molecule has 0 saturated heterocycles. The Bertz CT molecular complexity index is 447. The molecule has 2 unspecified atom stereocenters. The van der Waals surface area contributed by atoms with Crippen LogP contribution in [0.15, 0.2) is 24.3 Å². The fraction of sp³-hybridized carbons (Fsp3) is 0.500. The normalized spacial score (nSPS) is 13.2. The van der Waals surface area contributed by atoms with Crippen molar-refractivity contribution in [1.82, 2.24) is 5.32 Å². The summed E-state index contributed by atoms with van der Waals surface area (Å²) in [7, 11) is 0. The number of halogens is 3. The van der Waals surface area contributed by atoms with Gasteiger partial charge in [0.1, 0.15) is 5.75 Å². The van der Waals surface area contributed by atoms with E-state index in [-0.39, 0.29) is 36.5 Å². The average molecular weight is 323 g/mol. The molecule has 0 saturated carbocycles. The molecule has 0 aliphatic carbocycles. The van der Waals surface area contributed by atoms with Gasteiger partial charge in [-0.15, -0.1) is 12.4 Å². The first-order valence-corrected chi connectivity index (χ1v) is 6.51. The van der Waals surface area contributed by atoms with Gasteiger partial charge in [-0.1, -0.05) is 38.5 Å². The minimum atomic E-state index is -2.89. The molecule has 0 fully saturated rings. The molecule has 0 aliphatic rings. The standard InChI is InChI=1S/C14H20F2N2O2.ClH/c1-3-9(2)12(17)13(19)18-8-10-6-4-5-7-11(10)20-14(15)16;/h4-7,9,12,14H,3,8,17H2,1-2H3,(H,18,19);1H. The molecule has 21 heavy (non-hydrogen) atoms. The van der Waals surface area contributed by atoms with Gasteiger partial charge in [-0.05, 0) is 12.0 Å². The van der Waals surface area contributed by atoms with Gasteiger partial charge < -0.3 is 15.8 Å². The molecule has 0 heterocycles. The van der Waals surface area contributed by atoms with Crippen molar-refractivity contribution < 1.29 is 18.3 Å². The van der Waals surface area contributed by atoms with Crippen LogP contribution in [-0.2, 0) is 11.3 Å². The van der Waals surface area contributed by atoms with Crippen LogP contribution in [0.25, 0.3) is 0 Å². The fourth-order valence-corrected chi connectivity index (χ4v) is 1.67. The van der Waals surface area contributed by atoms with Crippen LogP contribution in [0.1, 0.15) is 25.8 Å². The van der Waals surface area contributed by atoms with E-state index in [4.69, 9.17) is 5.73 Å². The van der Waals surface area contributed by atoms with Crippen molar-refractivity contribution in [3.63, 3.8) is 0 Å². The summed E-state index contributed by atoms with van der Waals surface area (Å²) in [5, 5.41) is 2.64. The molecular formula is C14H21ClF2N2O2. The van der Waals surface area contributed by atoms with E-state index in [9.17, 15) is 13.6 Å². The van der Waals surface area contributed by atoms with Crippen LogP contribution in [0.3, 0.4) is 0 Å². The quantitative estimate of drug-likeness (QED) is 0.811. The number of rotatable bonds is 7. The summed E-state index contributed by atoms with van der Waals surface area (Å²) >= 11 is 0. The summed E-state index contributed by atoms with van der Waals surface area (Å²) in [6.45, 7) is 1.04. The Morgan fingerprint density at radius 1 is 1.38 bits per heavy atom. The van der Waals surface area contributed by atoms with Crippen LogP contribution in [0.4, 0.5) is 8.78 Å². The van der Waals surface area contributed by atoms with Gasteiger partial charge >= 0.3 is 6.61 Å². The molecule has 0 radical (unpaired) electrons. The third kappa shape index (κ3) is 6.27. The summed E-state index contributed by atoms with van der Waals surface area (Å²) in [4.78, 5) is 11.8. The van der Waals surface area contributed by atoms with E-state index < -0.39 is 12.7 Å². The Labute approximate surface area is 129 Å². The largest absolute Gasteiger partial charge is 0.434 e. The van der Waals surface area contributed by atoms with Crippen LogP contribution in [0.2, 0.25) is 0 Å². The van der Waals surface area contributed by atoms with Crippen molar-refractivity contribution in [2.24, 2.45) is 11.7 Å². The molecule has 3 N–H and O–H groups in total. The maximum Gasteiger partial charge on any atom is 0.387 e. The van der Waals surface area contributed by atoms with Gasteiger partial charge in [0.2, 0.25) is 5.91 Å². The van der Waals surface area contributed by atoms with E-state index >= 15 is 0 Å². The highest BCUT2D eigenvalue weighted by molar-refractivity contribution is 5.85. The van der Waals surface area contributed by atoms with Gasteiger partial charge in [0.05, 0.1) is 6.04 Å². The van der Waals surface area contributed by atoms with Gasteiger partial charge in [0.25, 0.3) is 0 Å². The number of nitrogens with two attached hydrogens (primary N) is 1. The van der Waals surface area contributed by atoms with E-state index in [1.165, 1.54) is 6.07 Å². The molecule has 1 rings (SSSR count). The molecule has 7 heteroatoms. The highest BCUT2D eigenvalue weighted by Gasteiger charge is 2.19. The molecule has 120 valence electrons. The second-order valence-corrected chi connectivity index (χ2v) is 4.62. The summed E-state index contributed by atoms with van der Waals surface area (Å²) in [5.41, 5.74) is 6.27. The summed E-state index contributed by atoms with van der Waals surface area (Å²) in [6, 6.07) is 5.72. The highest BCUT2D eigenvalue weighted by Crippen LogP contribution is 2.20. The number of carbonyl (C=O) groups excluding carboxylic acids is 1. The number of hydrogen-bond acceptors (Lipinski definition) is 3. The summed E-state index contributed by atoms with van der Waals surface area (Å²) in [6.07, 6.45) is 0.791. The minimum Gasteiger partial charge on any atom is -0.434 e. The highest BCUT2D eigenvalue weighted by atomic mass is 35.5. The zero-order valence-corrected chi connectivity index (χ0v) is 12.8. The lowest BCUT2D eigenvalue weighted by Gasteiger charge is -2.18. The second kappa shape index (κ2) is 9.52. The van der Waals surface area contributed by atoms with Gasteiger partial charge in [0, 0.05) is 12.1 Å². The molecule has 4 nitrogen and oxygen atoms in total. The lowest BCUT2D eigenvalue weighted by Crippen LogP contribution is -2.44. The molecule has 0 bridgehead atoms. The minimum absolute atomic E-state index is 0. The van der Waals surface area contributed by atoms with E-state index in [0.29, 0.717) is 5.56 Å². The van der Waals surface area contributed by atoms with Crippen LogP contribution in [0.5, 0.6) is 5.75 Å². The number of benzene rings is 1. The van der Waals surface area contributed by atoms with E-state index in [1.54, 1.807) is 18.2 Å². The Hall–Kier alpha value is -1.40. The Kier molecular flexibility index (Phi) is 8.89. The number of hydrogen-bond donors (Lipinski definition) is 2. The molecule has 1 amide bonds. The predicted octanol–water partition coefficient (Wildman–Crippen LogP) is 2.70. The molecule has 0 spiro atoms. The zero-order chi connectivity index (χ0) is 15.1. The first-order valence-electron chi connectivity index (χ1n) is 6.51. The first-order chi connectivity index (χ1) is 9.45. The van der Waals surface area contributed by atoms with Gasteiger partial charge in [0.15, 0.2) is 0 Å². The molecule has 2 atom stereocenters. The molecule has 1 aromatic carbocycles. The Morgan fingerprint density at radius 3 is 2.57 bits per heavy atom. The molecule has 0 aliphatic heterocycles. The van der Waals surface area contributed by atoms with Gasteiger partial charge in [-0.3, -0.25) is 4.79 Å². The van der Waals surface area contributed by atoms with Crippen molar-refractivity contribution in [3.8, 4) is 5.75 Å². The van der Waals surface area contributed by atoms with Crippen molar-refractivity contribution in [1.29, 1.82) is 0 Å². The number of nitrogens with one attached hydrogen (secondary N) is 1. The monoisotopic (exact) mass is 322 g/mol. The summed E-state index contributed by atoms with van der Waals surface area (Å²) < 4.78 is 28.9. The maximum atomic E-state index is 12.2. The van der Waals surface area contributed by atoms with Gasteiger partial charge in [-0.2, -0.15) is 8.78 Å². The third-order valence-electron chi connectivity index (χ3n) is 3.20. The van der Waals surface area contributed by atoms with Crippen LogP contribution >= 0.6 is 12.4 Å². The van der Waals surface area contributed by atoms with Crippen molar-refractivity contribution in [3.05, 3.63) is 29.8 Å². The molecule has 0 aromatic heterocycles. The van der Waals surface area contributed by atoms with E-state index in [2.05, 4.69) is 10.1 Å². The number of para-hydroxylation sites is 1. The van der Waals surface area contributed by atoms with E-state index in [0.717, 1.165) is 6.42 Å². The number of carbonyl (C=O) groups is 1. The number of ether oxygens (including phenoxy) is 1. The topological polar surface area (TPSA) is 64.4 Å². The second-order valence-electron chi connectivity index (χ2n) is 4.62. The van der Waals surface area contributed by atoms with E-state index in [1.807, 2.05) is 13.8 Å². The number of alkyl halides is 2. The zero-order valence-electron chi connectivity index (χ0n) is 12.0. The smallest absolute Gasteiger partial charge is 0.387 e. The van der Waals surface area contributed by atoms with Crippen LogP contribution in [0, 0.1) is 5.92 Å². The molecule has 1 aromatic rings. The van der Waals surface area contributed by atoms with Crippen LogP contribution < -0.4 is 15.8 Å². The predicted molar refractivity (Wildman–Crippen MR) is 79.6 cm³/mol. The Balaban J connectivity index is 0.00000400. The third-order valence-corrected chi connectivity index (χ3v) is 3.20. The van der Waals surface area contributed by atoms with Crippen molar-refractivity contribution in [2.75, 3.05) is 0 Å². The van der Waals surface area contributed by atoms with Crippen molar-refractivity contribution >= 4 is 18.3 Å². The summed E-state index contributed by atoms with van der Waals surface area (Å²) in [5.74, 6) is -0.186.